The molecular formula is C15H17NO2. The number of rotatable bonds is 1. The van der Waals surface area contributed by atoms with Gasteiger partial charge in [-0.3, -0.25) is 0 Å². The van der Waals surface area contributed by atoms with Gasteiger partial charge in [0.2, 0.25) is 0 Å². The first kappa shape index (κ1) is 11.6. The Balaban J connectivity index is 1.99. The molecule has 0 spiro atoms. The van der Waals surface area contributed by atoms with Gasteiger partial charge < -0.3 is 9.84 Å². The third kappa shape index (κ3) is 1.53. The Morgan fingerprint density at radius 3 is 2.67 bits per heavy atom. The van der Waals surface area contributed by atoms with Crippen molar-refractivity contribution in [2.24, 2.45) is 5.41 Å². The van der Waals surface area contributed by atoms with Crippen molar-refractivity contribution in [2.45, 2.75) is 37.7 Å². The van der Waals surface area contributed by atoms with Crippen LogP contribution in [0.4, 0.5) is 0 Å². The minimum Gasteiger partial charge on any atom is -0.492 e. The maximum absolute atomic E-state index is 10.8. The summed E-state index contributed by atoms with van der Waals surface area (Å²) < 4.78 is 5.73. The Bertz CT molecular complexity index is 499. The minimum atomic E-state index is -0.880. The Kier molecular flexibility index (Phi) is 2.57. The Hall–Kier alpha value is -1.53. The van der Waals surface area contributed by atoms with E-state index in [1.165, 1.54) is 0 Å². The Morgan fingerprint density at radius 1 is 1.22 bits per heavy atom. The number of nitrogens with zero attached hydrogens (tertiary/aromatic N) is 1. The van der Waals surface area contributed by atoms with Crippen LogP contribution in [-0.4, -0.2) is 17.3 Å². The number of fused-ring (bicyclic) bond motifs is 1. The lowest BCUT2D eigenvalue weighted by atomic mass is 9.67. The number of ether oxygens (including phenoxy) is 1. The van der Waals surface area contributed by atoms with Gasteiger partial charge in [-0.1, -0.05) is 31.0 Å². The summed E-state index contributed by atoms with van der Waals surface area (Å²) in [6.45, 7) is 0.303. The fourth-order valence-electron chi connectivity index (χ4n) is 3.28. The first-order valence-electron chi connectivity index (χ1n) is 6.54. The molecule has 1 aliphatic carbocycles. The highest BCUT2D eigenvalue weighted by Crippen LogP contribution is 2.48. The van der Waals surface area contributed by atoms with Gasteiger partial charge in [0.15, 0.2) is 0 Å². The van der Waals surface area contributed by atoms with Crippen molar-refractivity contribution in [1.82, 2.24) is 0 Å². The van der Waals surface area contributed by atoms with Crippen LogP contribution in [0.3, 0.4) is 0 Å². The van der Waals surface area contributed by atoms with Crippen LogP contribution in [-0.2, 0) is 6.42 Å². The third-order valence-corrected chi connectivity index (χ3v) is 4.47. The van der Waals surface area contributed by atoms with E-state index in [0.717, 1.165) is 24.2 Å². The lowest BCUT2D eigenvalue weighted by Gasteiger charge is -2.42. The molecule has 18 heavy (non-hydrogen) atoms. The molecule has 3 rings (SSSR count). The highest BCUT2D eigenvalue weighted by molar-refractivity contribution is 5.38. The molecule has 3 nitrogen and oxygen atoms in total. The van der Waals surface area contributed by atoms with Gasteiger partial charge >= 0.3 is 0 Å². The molecule has 1 atom stereocenters. The van der Waals surface area contributed by atoms with Crippen molar-refractivity contribution >= 4 is 0 Å². The average molecular weight is 243 g/mol. The van der Waals surface area contributed by atoms with E-state index in [1.54, 1.807) is 0 Å². The van der Waals surface area contributed by atoms with Gasteiger partial charge in [0.25, 0.3) is 0 Å². The first-order valence-corrected chi connectivity index (χ1v) is 6.54. The van der Waals surface area contributed by atoms with Gasteiger partial charge in [0.1, 0.15) is 17.8 Å². The zero-order valence-corrected chi connectivity index (χ0v) is 10.4. The zero-order valence-electron chi connectivity index (χ0n) is 10.4. The molecule has 0 amide bonds. The van der Waals surface area contributed by atoms with Gasteiger partial charge in [-0.25, -0.2) is 0 Å². The number of para-hydroxylation sites is 1. The van der Waals surface area contributed by atoms with Crippen molar-refractivity contribution in [1.29, 1.82) is 5.26 Å². The lowest BCUT2D eigenvalue weighted by molar-refractivity contribution is -0.0751. The minimum absolute atomic E-state index is 0.303. The number of hydrogen-bond acceptors (Lipinski definition) is 3. The maximum Gasteiger partial charge on any atom is 0.124 e. The molecular weight excluding hydrogens is 226 g/mol. The smallest absolute Gasteiger partial charge is 0.124 e. The highest BCUT2D eigenvalue weighted by Gasteiger charge is 2.54. The molecule has 2 aliphatic rings. The molecule has 1 aromatic rings. The summed E-state index contributed by atoms with van der Waals surface area (Å²) in [7, 11) is 0. The molecule has 3 heteroatoms. The summed E-state index contributed by atoms with van der Waals surface area (Å²) in [5, 5.41) is 20.4. The number of hydrogen-bond donors (Lipinski definition) is 1. The Labute approximate surface area is 107 Å². The SMILES string of the molecule is N#CC1(C2(O)CCCC2)COc2ccccc2C1. The summed E-state index contributed by atoms with van der Waals surface area (Å²) in [4.78, 5) is 0. The number of benzene rings is 1. The number of nitriles is 1. The van der Waals surface area contributed by atoms with Crippen molar-refractivity contribution in [3.8, 4) is 11.8 Å². The monoisotopic (exact) mass is 243 g/mol. The predicted molar refractivity (Wildman–Crippen MR) is 67.1 cm³/mol. The van der Waals surface area contributed by atoms with Gasteiger partial charge in [-0.05, 0) is 24.5 Å². The Morgan fingerprint density at radius 2 is 1.94 bits per heavy atom. The summed E-state index contributed by atoms with van der Waals surface area (Å²) in [6.07, 6.45) is 4.03. The van der Waals surface area contributed by atoms with E-state index < -0.39 is 11.0 Å². The predicted octanol–water partition coefficient (Wildman–Crippen LogP) is 2.44. The van der Waals surface area contributed by atoms with E-state index >= 15 is 0 Å². The molecule has 0 radical (unpaired) electrons. The molecule has 1 aromatic carbocycles. The molecule has 1 unspecified atom stereocenters. The van der Waals surface area contributed by atoms with Crippen molar-refractivity contribution in [3.63, 3.8) is 0 Å². The maximum atomic E-state index is 10.8. The van der Waals surface area contributed by atoms with Crippen molar-refractivity contribution in [2.75, 3.05) is 6.61 Å². The fraction of sp³-hybridized carbons (Fsp3) is 0.533. The molecule has 1 aliphatic heterocycles. The molecule has 1 N–H and O–H groups in total. The van der Waals surface area contributed by atoms with E-state index in [4.69, 9.17) is 4.74 Å². The van der Waals surface area contributed by atoms with E-state index in [9.17, 15) is 10.4 Å². The largest absolute Gasteiger partial charge is 0.492 e. The third-order valence-electron chi connectivity index (χ3n) is 4.47. The highest BCUT2D eigenvalue weighted by atomic mass is 16.5. The molecule has 0 aromatic heterocycles. The summed E-state index contributed by atoms with van der Waals surface area (Å²) in [6, 6.07) is 10.2. The molecule has 1 saturated carbocycles. The second kappa shape index (κ2) is 4.00. The topological polar surface area (TPSA) is 53.2 Å². The van der Waals surface area contributed by atoms with Crippen LogP contribution in [0.2, 0.25) is 0 Å². The molecule has 1 heterocycles. The summed E-state index contributed by atoms with van der Waals surface area (Å²) in [5.74, 6) is 0.852. The van der Waals surface area contributed by atoms with E-state index in [-0.39, 0.29) is 0 Å². The van der Waals surface area contributed by atoms with Gasteiger partial charge in [0.05, 0.1) is 11.7 Å². The van der Waals surface area contributed by atoms with Crippen LogP contribution in [0, 0.1) is 16.7 Å². The van der Waals surface area contributed by atoms with Gasteiger partial charge in [-0.15, -0.1) is 0 Å². The fourth-order valence-corrected chi connectivity index (χ4v) is 3.28. The second-order valence-electron chi connectivity index (χ2n) is 5.51. The van der Waals surface area contributed by atoms with E-state index in [0.29, 0.717) is 25.9 Å². The van der Waals surface area contributed by atoms with Crippen LogP contribution >= 0.6 is 0 Å². The normalized spacial score (nSPS) is 29.1. The first-order chi connectivity index (χ1) is 8.69. The van der Waals surface area contributed by atoms with Crippen molar-refractivity contribution in [3.05, 3.63) is 29.8 Å². The zero-order chi connectivity index (χ0) is 12.6. The van der Waals surface area contributed by atoms with Gasteiger partial charge in [0, 0.05) is 6.42 Å². The van der Waals surface area contributed by atoms with E-state index in [1.807, 2.05) is 24.3 Å². The van der Waals surface area contributed by atoms with E-state index in [2.05, 4.69) is 6.07 Å². The van der Waals surface area contributed by atoms with Crippen LogP contribution < -0.4 is 4.74 Å². The number of aliphatic hydroxyl groups is 1. The summed E-state index contributed by atoms with van der Waals surface area (Å²) >= 11 is 0. The standard InChI is InChI=1S/C15H17NO2/c16-10-14(15(17)7-3-4-8-15)9-12-5-1-2-6-13(12)18-11-14/h1-2,5-6,17H,3-4,7-9,11H2. The molecule has 94 valence electrons. The molecule has 1 fully saturated rings. The molecule has 0 bridgehead atoms. The van der Waals surface area contributed by atoms with Crippen LogP contribution in [0.5, 0.6) is 5.75 Å². The van der Waals surface area contributed by atoms with Gasteiger partial charge in [-0.2, -0.15) is 5.26 Å². The average Bonchev–Trinajstić information content (AvgIpc) is 2.86. The second-order valence-corrected chi connectivity index (χ2v) is 5.51. The molecule has 0 saturated heterocycles. The van der Waals surface area contributed by atoms with Crippen LogP contribution in [0.25, 0.3) is 0 Å². The van der Waals surface area contributed by atoms with Crippen LogP contribution in [0.1, 0.15) is 31.2 Å². The summed E-state index contributed by atoms with van der Waals surface area (Å²) in [5.41, 5.74) is -0.627. The lowest BCUT2D eigenvalue weighted by Crippen LogP contribution is -2.52. The quantitative estimate of drug-likeness (QED) is 0.824. The van der Waals surface area contributed by atoms with Crippen molar-refractivity contribution < 1.29 is 9.84 Å². The van der Waals surface area contributed by atoms with Crippen LogP contribution in [0.15, 0.2) is 24.3 Å².